The van der Waals surface area contributed by atoms with E-state index in [0.29, 0.717) is 6.04 Å². The maximum absolute atomic E-state index is 5.37. The molecular formula is C20H29IN4O2S. The van der Waals surface area contributed by atoms with Gasteiger partial charge in [0.05, 0.1) is 14.2 Å². The number of nitrogens with zero attached hydrogens (tertiary/aromatic N) is 2. The molecule has 1 atom stereocenters. The average Bonchev–Trinajstić information content (AvgIpc) is 3.36. The molecule has 2 aromatic rings. The van der Waals surface area contributed by atoms with Crippen molar-refractivity contribution in [2.24, 2.45) is 4.99 Å². The van der Waals surface area contributed by atoms with Crippen molar-refractivity contribution >= 4 is 41.3 Å². The van der Waals surface area contributed by atoms with Gasteiger partial charge in [0.2, 0.25) is 0 Å². The first-order valence-electron chi connectivity index (χ1n) is 9.12. The molecule has 0 bridgehead atoms. The number of thiophene rings is 1. The van der Waals surface area contributed by atoms with Crippen LogP contribution in [0.25, 0.3) is 0 Å². The van der Waals surface area contributed by atoms with Crippen LogP contribution in [0.3, 0.4) is 0 Å². The minimum absolute atomic E-state index is 0. The molecule has 1 saturated heterocycles. The Balaban J connectivity index is 0.00000280. The Morgan fingerprint density at radius 3 is 2.57 bits per heavy atom. The fourth-order valence-corrected chi connectivity index (χ4v) is 3.95. The number of aliphatic imine (C=N–C) groups is 1. The second-order valence-electron chi connectivity index (χ2n) is 6.64. The summed E-state index contributed by atoms with van der Waals surface area (Å²) >= 11 is 1.71. The molecule has 1 aromatic carbocycles. The Hall–Kier alpha value is -1.52. The molecular weight excluding hydrogens is 487 g/mol. The van der Waals surface area contributed by atoms with Crippen LogP contribution in [0.1, 0.15) is 17.5 Å². The molecule has 8 heteroatoms. The number of ether oxygens (including phenoxy) is 2. The van der Waals surface area contributed by atoms with Crippen LogP contribution in [-0.4, -0.2) is 51.3 Å². The number of benzene rings is 1. The monoisotopic (exact) mass is 516 g/mol. The Bertz CT molecular complexity index is 732. The second-order valence-corrected chi connectivity index (χ2v) is 7.42. The van der Waals surface area contributed by atoms with Crippen LogP contribution in [0.15, 0.2) is 40.0 Å². The first kappa shape index (κ1) is 22.8. The van der Waals surface area contributed by atoms with Crippen molar-refractivity contribution in [1.29, 1.82) is 0 Å². The number of hydrogen-bond acceptors (Lipinski definition) is 5. The van der Waals surface area contributed by atoms with Gasteiger partial charge in [0.1, 0.15) is 11.5 Å². The van der Waals surface area contributed by atoms with Crippen LogP contribution in [0, 0.1) is 0 Å². The van der Waals surface area contributed by atoms with Gasteiger partial charge in [0.25, 0.3) is 0 Å². The summed E-state index contributed by atoms with van der Waals surface area (Å²) in [5.74, 6) is 2.52. The van der Waals surface area contributed by atoms with E-state index in [1.54, 1.807) is 25.6 Å². The lowest BCUT2D eigenvalue weighted by Crippen LogP contribution is -2.44. The topological polar surface area (TPSA) is 58.1 Å². The van der Waals surface area contributed by atoms with Crippen molar-refractivity contribution in [3.8, 4) is 11.5 Å². The summed E-state index contributed by atoms with van der Waals surface area (Å²) in [5.41, 5.74) is 2.48. The molecule has 0 aliphatic carbocycles. The van der Waals surface area contributed by atoms with Crippen molar-refractivity contribution in [2.45, 2.75) is 25.6 Å². The first-order chi connectivity index (χ1) is 13.2. The fraction of sp³-hybridized carbons (Fsp3) is 0.450. The van der Waals surface area contributed by atoms with Crippen molar-refractivity contribution < 1.29 is 9.47 Å². The highest BCUT2D eigenvalue weighted by atomic mass is 127. The second kappa shape index (κ2) is 11.5. The van der Waals surface area contributed by atoms with E-state index in [1.165, 1.54) is 11.1 Å². The number of halogens is 1. The molecule has 2 heterocycles. The summed E-state index contributed by atoms with van der Waals surface area (Å²) in [7, 11) is 5.18. The Kier molecular flexibility index (Phi) is 9.33. The van der Waals surface area contributed by atoms with Gasteiger partial charge in [-0.05, 0) is 46.5 Å². The lowest BCUT2D eigenvalue weighted by Gasteiger charge is -2.19. The molecule has 2 N–H and O–H groups in total. The molecule has 0 saturated carbocycles. The molecule has 3 rings (SSSR count). The fourth-order valence-electron chi connectivity index (χ4n) is 3.28. The number of likely N-dealkylation sites (tertiary alicyclic amines) is 1. The van der Waals surface area contributed by atoms with Gasteiger partial charge in [0, 0.05) is 45.3 Å². The van der Waals surface area contributed by atoms with E-state index in [1.807, 2.05) is 13.1 Å². The Morgan fingerprint density at radius 1 is 1.21 bits per heavy atom. The number of methoxy groups -OCH3 is 2. The lowest BCUT2D eigenvalue weighted by atomic mass is 10.2. The molecule has 6 nitrogen and oxygen atoms in total. The first-order valence-corrected chi connectivity index (χ1v) is 10.1. The van der Waals surface area contributed by atoms with Gasteiger partial charge in [-0.25, -0.2) is 0 Å². The van der Waals surface area contributed by atoms with Gasteiger partial charge in [0.15, 0.2) is 5.96 Å². The van der Waals surface area contributed by atoms with E-state index in [4.69, 9.17) is 9.47 Å². The molecule has 1 unspecified atom stereocenters. The summed E-state index contributed by atoms with van der Waals surface area (Å²) in [5, 5.41) is 11.2. The normalized spacial score (nSPS) is 17.1. The molecule has 0 amide bonds. The predicted octanol–water partition coefficient (Wildman–Crippen LogP) is 3.32. The van der Waals surface area contributed by atoms with Crippen LogP contribution < -0.4 is 20.1 Å². The average molecular weight is 516 g/mol. The molecule has 0 radical (unpaired) electrons. The Labute approximate surface area is 188 Å². The van der Waals surface area contributed by atoms with E-state index in [-0.39, 0.29) is 24.0 Å². The smallest absolute Gasteiger partial charge is 0.191 e. The van der Waals surface area contributed by atoms with E-state index in [9.17, 15) is 0 Å². The molecule has 1 fully saturated rings. The van der Waals surface area contributed by atoms with Crippen LogP contribution in [0.5, 0.6) is 11.5 Å². The minimum Gasteiger partial charge on any atom is -0.497 e. The third kappa shape index (κ3) is 6.52. The van der Waals surface area contributed by atoms with Crippen LogP contribution in [-0.2, 0) is 13.1 Å². The number of nitrogens with one attached hydrogen (secondary N) is 2. The van der Waals surface area contributed by atoms with E-state index >= 15 is 0 Å². The van der Waals surface area contributed by atoms with Crippen LogP contribution in [0.2, 0.25) is 0 Å². The molecule has 0 spiro atoms. The molecule has 1 aliphatic rings. The standard InChI is InChI=1S/C20H28N4O2S.HI/c1-21-20(22-11-15-5-7-27-14-15)23-17-4-6-24(13-17)12-16-8-18(25-2)10-19(9-16)26-3;/h5,7-10,14,17H,4,6,11-13H2,1-3H3,(H2,21,22,23);1H. The van der Waals surface area contributed by atoms with E-state index < -0.39 is 0 Å². The van der Waals surface area contributed by atoms with Gasteiger partial charge in [-0.3, -0.25) is 9.89 Å². The van der Waals surface area contributed by atoms with Gasteiger partial charge >= 0.3 is 0 Å². The molecule has 28 heavy (non-hydrogen) atoms. The van der Waals surface area contributed by atoms with Gasteiger partial charge < -0.3 is 20.1 Å². The number of rotatable bonds is 7. The lowest BCUT2D eigenvalue weighted by molar-refractivity contribution is 0.321. The number of guanidine groups is 1. The molecule has 1 aromatic heterocycles. The van der Waals surface area contributed by atoms with Crippen molar-refractivity contribution in [3.05, 3.63) is 46.2 Å². The Morgan fingerprint density at radius 2 is 1.96 bits per heavy atom. The zero-order chi connectivity index (χ0) is 19.1. The largest absolute Gasteiger partial charge is 0.497 e. The van der Waals surface area contributed by atoms with Gasteiger partial charge in [-0.15, -0.1) is 24.0 Å². The van der Waals surface area contributed by atoms with Crippen molar-refractivity contribution in [3.63, 3.8) is 0 Å². The van der Waals surface area contributed by atoms with Gasteiger partial charge in [-0.1, -0.05) is 0 Å². The predicted molar refractivity (Wildman–Crippen MR) is 126 cm³/mol. The van der Waals surface area contributed by atoms with Crippen molar-refractivity contribution in [1.82, 2.24) is 15.5 Å². The summed E-state index contributed by atoms with van der Waals surface area (Å²) in [6, 6.07) is 8.58. The molecule has 154 valence electrons. The highest BCUT2D eigenvalue weighted by Gasteiger charge is 2.23. The maximum Gasteiger partial charge on any atom is 0.191 e. The zero-order valence-corrected chi connectivity index (χ0v) is 19.8. The number of hydrogen-bond donors (Lipinski definition) is 2. The summed E-state index contributed by atoms with van der Waals surface area (Å²) in [6.07, 6.45) is 1.10. The van der Waals surface area contributed by atoms with E-state index in [0.717, 1.165) is 50.1 Å². The van der Waals surface area contributed by atoms with E-state index in [2.05, 4.69) is 49.5 Å². The SMILES string of the molecule is CN=C(NCc1ccsc1)NC1CCN(Cc2cc(OC)cc(OC)c2)C1.I. The maximum atomic E-state index is 5.37. The van der Waals surface area contributed by atoms with Gasteiger partial charge in [-0.2, -0.15) is 11.3 Å². The zero-order valence-electron chi connectivity index (χ0n) is 16.6. The quantitative estimate of drug-likeness (QED) is 0.336. The van der Waals surface area contributed by atoms with Crippen LogP contribution in [0.4, 0.5) is 0 Å². The third-order valence-corrected chi connectivity index (χ3v) is 5.43. The highest BCUT2D eigenvalue weighted by molar-refractivity contribution is 14.0. The van der Waals surface area contributed by atoms with Crippen molar-refractivity contribution in [2.75, 3.05) is 34.4 Å². The third-order valence-electron chi connectivity index (χ3n) is 4.69. The summed E-state index contributed by atoms with van der Waals surface area (Å²) < 4.78 is 10.7. The molecule has 1 aliphatic heterocycles. The highest BCUT2D eigenvalue weighted by Crippen LogP contribution is 2.24. The minimum atomic E-state index is 0. The summed E-state index contributed by atoms with van der Waals surface area (Å²) in [4.78, 5) is 6.79. The summed E-state index contributed by atoms with van der Waals surface area (Å²) in [6.45, 7) is 3.72. The van der Waals surface area contributed by atoms with Crippen LogP contribution >= 0.6 is 35.3 Å².